The molecule has 106 valence electrons. The highest BCUT2D eigenvalue weighted by Gasteiger charge is 2.12. The number of benzene rings is 2. The van der Waals surface area contributed by atoms with Crippen LogP contribution in [-0.4, -0.2) is 11.7 Å². The van der Waals surface area contributed by atoms with Crippen LogP contribution in [0.1, 0.15) is 16.7 Å². The minimum absolute atomic E-state index is 0.128. The topological polar surface area (TPSA) is 20.2 Å². The second kappa shape index (κ2) is 7.00. The fraction of sp³-hybridized carbons (Fsp3) is 0.294. The molecule has 2 aromatic carbocycles. The van der Waals surface area contributed by atoms with E-state index in [-0.39, 0.29) is 18.3 Å². The molecule has 0 radical (unpaired) electrons. The van der Waals surface area contributed by atoms with Crippen molar-refractivity contribution >= 4 is 15.9 Å². The highest BCUT2D eigenvalue weighted by molar-refractivity contribution is 9.10. The second-order valence-corrected chi connectivity index (χ2v) is 6.07. The Morgan fingerprint density at radius 2 is 1.95 bits per heavy atom. The van der Waals surface area contributed by atoms with Crippen molar-refractivity contribution < 1.29 is 9.50 Å². The van der Waals surface area contributed by atoms with Crippen LogP contribution in [0, 0.1) is 18.7 Å². The summed E-state index contributed by atoms with van der Waals surface area (Å²) in [6.45, 7) is 2.04. The molecular formula is C17H18BrFO. The first kappa shape index (κ1) is 15.2. The zero-order chi connectivity index (χ0) is 14.5. The van der Waals surface area contributed by atoms with Crippen LogP contribution in [0.4, 0.5) is 4.39 Å². The Hall–Kier alpha value is -1.19. The van der Waals surface area contributed by atoms with Gasteiger partial charge in [-0.25, -0.2) is 4.39 Å². The van der Waals surface area contributed by atoms with Gasteiger partial charge < -0.3 is 5.11 Å². The Labute approximate surface area is 127 Å². The molecule has 0 aliphatic heterocycles. The highest BCUT2D eigenvalue weighted by Crippen LogP contribution is 2.20. The average Bonchev–Trinajstić information content (AvgIpc) is 2.41. The summed E-state index contributed by atoms with van der Waals surface area (Å²) in [4.78, 5) is 0. The molecule has 0 aliphatic carbocycles. The maximum atomic E-state index is 13.1. The van der Waals surface area contributed by atoms with Crippen LogP contribution in [-0.2, 0) is 12.8 Å². The van der Waals surface area contributed by atoms with E-state index in [2.05, 4.69) is 28.1 Å². The van der Waals surface area contributed by atoms with Gasteiger partial charge in [-0.1, -0.05) is 34.1 Å². The Morgan fingerprint density at radius 1 is 1.15 bits per heavy atom. The van der Waals surface area contributed by atoms with E-state index in [9.17, 15) is 9.50 Å². The van der Waals surface area contributed by atoms with E-state index in [1.165, 1.54) is 11.6 Å². The van der Waals surface area contributed by atoms with Gasteiger partial charge in [0.1, 0.15) is 5.82 Å². The molecule has 1 N–H and O–H groups in total. The van der Waals surface area contributed by atoms with E-state index < -0.39 is 0 Å². The van der Waals surface area contributed by atoms with Gasteiger partial charge in [0.15, 0.2) is 0 Å². The van der Waals surface area contributed by atoms with Crippen molar-refractivity contribution in [3.63, 3.8) is 0 Å². The van der Waals surface area contributed by atoms with Crippen molar-refractivity contribution in [3.05, 3.63) is 69.4 Å². The van der Waals surface area contributed by atoms with Gasteiger partial charge in [0, 0.05) is 11.1 Å². The average molecular weight is 337 g/mol. The van der Waals surface area contributed by atoms with Crippen molar-refractivity contribution in [2.24, 2.45) is 5.92 Å². The standard InChI is InChI=1S/C17H18BrFO/c1-12-7-17(19)6-5-15(12)9-14(11-20)8-13-3-2-4-16(18)10-13/h2-7,10,14,20H,8-9,11H2,1H3. The normalized spacial score (nSPS) is 12.4. The Kier molecular flexibility index (Phi) is 5.32. The smallest absolute Gasteiger partial charge is 0.123 e. The van der Waals surface area contributed by atoms with Gasteiger partial charge in [0.05, 0.1) is 0 Å². The summed E-state index contributed by atoms with van der Waals surface area (Å²) in [5.41, 5.74) is 3.23. The molecule has 0 heterocycles. The summed E-state index contributed by atoms with van der Waals surface area (Å²) in [6, 6.07) is 13.0. The maximum Gasteiger partial charge on any atom is 0.123 e. The van der Waals surface area contributed by atoms with E-state index in [1.54, 1.807) is 6.07 Å². The van der Waals surface area contributed by atoms with Gasteiger partial charge in [-0.2, -0.15) is 0 Å². The number of hydrogen-bond acceptors (Lipinski definition) is 1. The minimum atomic E-state index is -0.209. The summed E-state index contributed by atoms with van der Waals surface area (Å²) >= 11 is 3.46. The maximum absolute atomic E-state index is 13.1. The molecule has 2 rings (SSSR count). The van der Waals surface area contributed by atoms with E-state index in [1.807, 2.05) is 25.1 Å². The molecule has 20 heavy (non-hydrogen) atoms. The molecule has 3 heteroatoms. The van der Waals surface area contributed by atoms with Gasteiger partial charge >= 0.3 is 0 Å². The lowest BCUT2D eigenvalue weighted by Crippen LogP contribution is -2.13. The van der Waals surface area contributed by atoms with Gasteiger partial charge in [-0.05, 0) is 66.6 Å². The molecule has 0 amide bonds. The first-order valence-electron chi connectivity index (χ1n) is 6.69. The predicted molar refractivity (Wildman–Crippen MR) is 83.3 cm³/mol. The third kappa shape index (κ3) is 4.15. The highest BCUT2D eigenvalue weighted by atomic mass is 79.9. The monoisotopic (exact) mass is 336 g/mol. The molecule has 0 saturated heterocycles. The lowest BCUT2D eigenvalue weighted by molar-refractivity contribution is 0.225. The molecule has 1 atom stereocenters. The van der Waals surface area contributed by atoms with Gasteiger partial charge in [-0.15, -0.1) is 0 Å². The summed E-state index contributed by atoms with van der Waals surface area (Å²) < 4.78 is 14.1. The number of aryl methyl sites for hydroxylation is 1. The van der Waals surface area contributed by atoms with Crippen LogP contribution >= 0.6 is 15.9 Å². The molecule has 0 spiro atoms. The second-order valence-electron chi connectivity index (χ2n) is 5.16. The van der Waals surface area contributed by atoms with E-state index in [4.69, 9.17) is 0 Å². The molecular weight excluding hydrogens is 319 g/mol. The Morgan fingerprint density at radius 3 is 2.60 bits per heavy atom. The number of rotatable bonds is 5. The number of halogens is 2. The van der Waals surface area contributed by atoms with Crippen molar-refractivity contribution in [3.8, 4) is 0 Å². The fourth-order valence-corrected chi connectivity index (χ4v) is 2.84. The minimum Gasteiger partial charge on any atom is -0.396 e. The van der Waals surface area contributed by atoms with Crippen LogP contribution in [0.2, 0.25) is 0 Å². The Bertz CT molecular complexity index is 583. The molecule has 0 aliphatic rings. The van der Waals surface area contributed by atoms with Crippen molar-refractivity contribution in [2.75, 3.05) is 6.61 Å². The summed E-state index contributed by atoms with van der Waals surface area (Å²) in [5.74, 6) is -0.0627. The van der Waals surface area contributed by atoms with Crippen molar-refractivity contribution in [1.82, 2.24) is 0 Å². The first-order valence-corrected chi connectivity index (χ1v) is 7.48. The number of aliphatic hydroxyl groups is 1. The largest absolute Gasteiger partial charge is 0.396 e. The third-order valence-electron chi connectivity index (χ3n) is 3.48. The van der Waals surface area contributed by atoms with Crippen molar-refractivity contribution in [2.45, 2.75) is 19.8 Å². The van der Waals surface area contributed by atoms with Crippen LogP contribution in [0.5, 0.6) is 0 Å². The molecule has 0 saturated carbocycles. The van der Waals surface area contributed by atoms with Crippen molar-refractivity contribution in [1.29, 1.82) is 0 Å². The van der Waals surface area contributed by atoms with Gasteiger partial charge in [0.25, 0.3) is 0 Å². The summed E-state index contributed by atoms with van der Waals surface area (Å²) in [7, 11) is 0. The summed E-state index contributed by atoms with van der Waals surface area (Å²) in [5, 5.41) is 9.58. The van der Waals surface area contributed by atoms with Gasteiger partial charge in [0.2, 0.25) is 0 Å². The van der Waals surface area contributed by atoms with Crippen LogP contribution in [0.15, 0.2) is 46.9 Å². The number of aliphatic hydroxyl groups excluding tert-OH is 1. The molecule has 0 aromatic heterocycles. The van der Waals surface area contributed by atoms with Gasteiger partial charge in [-0.3, -0.25) is 0 Å². The molecule has 1 unspecified atom stereocenters. The lowest BCUT2D eigenvalue weighted by Gasteiger charge is -2.16. The fourth-order valence-electron chi connectivity index (χ4n) is 2.40. The number of hydrogen-bond donors (Lipinski definition) is 1. The third-order valence-corrected chi connectivity index (χ3v) is 3.98. The quantitative estimate of drug-likeness (QED) is 0.863. The Balaban J connectivity index is 2.09. The van der Waals surface area contributed by atoms with Crippen LogP contribution in [0.25, 0.3) is 0 Å². The molecule has 0 fully saturated rings. The van der Waals surface area contributed by atoms with E-state index in [0.717, 1.165) is 28.4 Å². The first-order chi connectivity index (χ1) is 9.58. The zero-order valence-corrected chi connectivity index (χ0v) is 13.0. The van der Waals surface area contributed by atoms with Crippen LogP contribution < -0.4 is 0 Å². The van der Waals surface area contributed by atoms with E-state index >= 15 is 0 Å². The molecule has 2 aromatic rings. The van der Waals surface area contributed by atoms with Crippen LogP contribution in [0.3, 0.4) is 0 Å². The molecule has 0 bridgehead atoms. The SMILES string of the molecule is Cc1cc(F)ccc1CC(CO)Cc1cccc(Br)c1. The molecule has 1 nitrogen and oxygen atoms in total. The zero-order valence-electron chi connectivity index (χ0n) is 11.4. The van der Waals surface area contributed by atoms with E-state index in [0.29, 0.717) is 0 Å². The lowest BCUT2D eigenvalue weighted by atomic mass is 9.91. The predicted octanol–water partition coefficient (Wildman–Crippen LogP) is 4.29. The summed E-state index contributed by atoms with van der Waals surface area (Å²) in [6.07, 6.45) is 1.57.